The van der Waals surface area contributed by atoms with Crippen LogP contribution in [0, 0.1) is 13.8 Å². The molecule has 0 spiro atoms. The van der Waals surface area contributed by atoms with Gasteiger partial charge in [0, 0.05) is 6.54 Å². The zero-order valence-corrected chi connectivity index (χ0v) is 13.9. The van der Waals surface area contributed by atoms with Crippen molar-refractivity contribution in [3.8, 4) is 5.75 Å². The maximum Gasteiger partial charge on any atom is 0.344 e. The normalized spacial score (nSPS) is 10.1. The van der Waals surface area contributed by atoms with Crippen LogP contribution in [0.5, 0.6) is 5.75 Å². The number of rotatable bonds is 7. The zero-order chi connectivity index (χ0) is 17.4. The highest BCUT2D eigenvalue weighted by Crippen LogP contribution is 2.20. The van der Waals surface area contributed by atoms with Gasteiger partial charge in [0.25, 0.3) is 5.91 Å². The lowest BCUT2D eigenvalue weighted by Crippen LogP contribution is -2.29. The smallest absolute Gasteiger partial charge is 0.344 e. The van der Waals surface area contributed by atoms with Gasteiger partial charge >= 0.3 is 5.97 Å². The summed E-state index contributed by atoms with van der Waals surface area (Å²) in [5.41, 5.74) is 3.04. The Hall–Kier alpha value is -2.82. The van der Waals surface area contributed by atoms with E-state index >= 15 is 0 Å². The molecule has 0 bridgehead atoms. The van der Waals surface area contributed by atoms with Crippen molar-refractivity contribution >= 4 is 11.9 Å². The van der Waals surface area contributed by atoms with Crippen molar-refractivity contribution in [1.29, 1.82) is 0 Å². The molecule has 0 saturated heterocycles. The number of benzene rings is 2. The number of hydrogen-bond acceptors (Lipinski definition) is 4. The Morgan fingerprint density at radius 3 is 2.46 bits per heavy atom. The van der Waals surface area contributed by atoms with Gasteiger partial charge in [-0.05, 0) is 36.6 Å². The largest absolute Gasteiger partial charge is 0.482 e. The zero-order valence-electron chi connectivity index (χ0n) is 13.9. The molecule has 5 nitrogen and oxygen atoms in total. The van der Waals surface area contributed by atoms with Gasteiger partial charge in [0.2, 0.25) is 0 Å². The summed E-state index contributed by atoms with van der Waals surface area (Å²) >= 11 is 0. The lowest BCUT2D eigenvalue weighted by molar-refractivity contribution is -0.150. The van der Waals surface area contributed by atoms with Crippen LogP contribution in [0.15, 0.2) is 48.5 Å². The van der Waals surface area contributed by atoms with Gasteiger partial charge in [0.1, 0.15) is 5.75 Å². The van der Waals surface area contributed by atoms with Crippen LogP contribution in [0.25, 0.3) is 0 Å². The molecule has 2 aromatic carbocycles. The summed E-state index contributed by atoms with van der Waals surface area (Å²) in [5, 5.41) is 2.69. The average molecular weight is 327 g/mol. The van der Waals surface area contributed by atoms with E-state index in [0.717, 1.165) is 16.7 Å². The predicted molar refractivity (Wildman–Crippen MR) is 90.7 cm³/mol. The van der Waals surface area contributed by atoms with Crippen molar-refractivity contribution in [2.45, 2.75) is 20.4 Å². The van der Waals surface area contributed by atoms with Crippen LogP contribution < -0.4 is 10.1 Å². The Labute approximate surface area is 141 Å². The highest BCUT2D eigenvalue weighted by molar-refractivity contribution is 5.80. The molecule has 0 radical (unpaired) electrons. The Morgan fingerprint density at radius 2 is 1.71 bits per heavy atom. The molecular weight excluding hydrogens is 306 g/mol. The fraction of sp³-hybridized carbons (Fsp3) is 0.263. The van der Waals surface area contributed by atoms with Gasteiger partial charge in [0.05, 0.1) is 0 Å². The van der Waals surface area contributed by atoms with Gasteiger partial charge in [-0.2, -0.15) is 0 Å². The van der Waals surface area contributed by atoms with Crippen molar-refractivity contribution in [1.82, 2.24) is 5.32 Å². The molecule has 2 rings (SSSR count). The molecule has 24 heavy (non-hydrogen) atoms. The van der Waals surface area contributed by atoms with E-state index in [4.69, 9.17) is 9.47 Å². The van der Waals surface area contributed by atoms with Crippen LogP contribution in [0.2, 0.25) is 0 Å². The first-order valence-corrected chi connectivity index (χ1v) is 7.71. The molecule has 5 heteroatoms. The Bertz CT molecular complexity index is 698. The van der Waals surface area contributed by atoms with Gasteiger partial charge in [0.15, 0.2) is 13.2 Å². The minimum Gasteiger partial charge on any atom is -0.482 e. The standard InChI is InChI=1S/C19H21NO4/c1-14-7-6-10-17(15(14)2)23-13-19(22)24-12-18(21)20-11-16-8-4-3-5-9-16/h3-10H,11-13H2,1-2H3,(H,20,21). The average Bonchev–Trinajstić information content (AvgIpc) is 2.60. The van der Waals surface area contributed by atoms with Crippen LogP contribution in [-0.4, -0.2) is 25.1 Å². The molecule has 0 heterocycles. The first kappa shape index (κ1) is 17.5. The molecule has 2 aromatic rings. The second-order valence-electron chi connectivity index (χ2n) is 5.41. The molecule has 0 aliphatic heterocycles. The third kappa shape index (κ3) is 5.43. The van der Waals surface area contributed by atoms with Crippen molar-refractivity contribution < 1.29 is 19.1 Å². The van der Waals surface area contributed by atoms with Crippen molar-refractivity contribution in [3.05, 3.63) is 65.2 Å². The lowest BCUT2D eigenvalue weighted by Gasteiger charge is -2.10. The molecule has 0 saturated carbocycles. The first-order chi connectivity index (χ1) is 11.6. The van der Waals surface area contributed by atoms with Crippen LogP contribution in [-0.2, 0) is 20.9 Å². The van der Waals surface area contributed by atoms with Crippen molar-refractivity contribution in [2.24, 2.45) is 0 Å². The van der Waals surface area contributed by atoms with E-state index in [9.17, 15) is 9.59 Å². The third-order valence-corrected chi connectivity index (χ3v) is 3.60. The second-order valence-corrected chi connectivity index (χ2v) is 5.41. The summed E-state index contributed by atoms with van der Waals surface area (Å²) < 4.78 is 10.3. The molecule has 1 amide bonds. The van der Waals surface area contributed by atoms with Gasteiger partial charge in [-0.3, -0.25) is 4.79 Å². The fourth-order valence-electron chi connectivity index (χ4n) is 2.05. The van der Waals surface area contributed by atoms with Crippen molar-refractivity contribution in [3.63, 3.8) is 0 Å². The summed E-state index contributed by atoms with van der Waals surface area (Å²) in [5.74, 6) is -0.287. The Morgan fingerprint density at radius 1 is 0.958 bits per heavy atom. The number of nitrogens with one attached hydrogen (secondary N) is 1. The monoisotopic (exact) mass is 327 g/mol. The number of hydrogen-bond donors (Lipinski definition) is 1. The Balaban J connectivity index is 1.69. The van der Waals surface area contributed by atoms with Crippen LogP contribution in [0.3, 0.4) is 0 Å². The van der Waals surface area contributed by atoms with Gasteiger partial charge in [-0.1, -0.05) is 42.5 Å². The summed E-state index contributed by atoms with van der Waals surface area (Å²) in [7, 11) is 0. The number of aryl methyl sites for hydroxylation is 1. The van der Waals surface area contributed by atoms with E-state index in [1.54, 1.807) is 6.07 Å². The topological polar surface area (TPSA) is 64.6 Å². The molecule has 0 atom stereocenters. The molecule has 126 valence electrons. The van der Waals surface area contributed by atoms with E-state index < -0.39 is 5.97 Å². The van der Waals surface area contributed by atoms with E-state index in [2.05, 4.69) is 5.32 Å². The van der Waals surface area contributed by atoms with E-state index in [1.807, 2.05) is 56.3 Å². The summed E-state index contributed by atoms with van der Waals surface area (Å²) in [4.78, 5) is 23.3. The summed E-state index contributed by atoms with van der Waals surface area (Å²) in [6, 6.07) is 15.1. The number of amides is 1. The fourth-order valence-corrected chi connectivity index (χ4v) is 2.05. The quantitative estimate of drug-likeness (QED) is 0.794. The van der Waals surface area contributed by atoms with Crippen molar-refractivity contribution in [2.75, 3.05) is 13.2 Å². The lowest BCUT2D eigenvalue weighted by atomic mass is 10.1. The molecule has 0 unspecified atom stereocenters. The highest BCUT2D eigenvalue weighted by atomic mass is 16.6. The maximum atomic E-state index is 11.7. The van der Waals surface area contributed by atoms with E-state index in [1.165, 1.54) is 0 Å². The maximum absolute atomic E-state index is 11.7. The number of esters is 1. The minimum absolute atomic E-state index is 0.226. The van der Waals surface area contributed by atoms with Crippen LogP contribution in [0.4, 0.5) is 0 Å². The third-order valence-electron chi connectivity index (χ3n) is 3.60. The van der Waals surface area contributed by atoms with Gasteiger partial charge in [-0.15, -0.1) is 0 Å². The highest BCUT2D eigenvalue weighted by Gasteiger charge is 2.09. The molecule has 0 aliphatic rings. The summed E-state index contributed by atoms with van der Waals surface area (Å²) in [6.07, 6.45) is 0. The van der Waals surface area contributed by atoms with Gasteiger partial charge in [-0.25, -0.2) is 4.79 Å². The van der Waals surface area contributed by atoms with Gasteiger partial charge < -0.3 is 14.8 Å². The SMILES string of the molecule is Cc1cccc(OCC(=O)OCC(=O)NCc2ccccc2)c1C. The number of carbonyl (C=O) groups excluding carboxylic acids is 2. The van der Waals surface area contributed by atoms with Crippen LogP contribution in [0.1, 0.15) is 16.7 Å². The number of carbonyl (C=O) groups is 2. The first-order valence-electron chi connectivity index (χ1n) is 7.71. The molecule has 0 aromatic heterocycles. The Kier molecular flexibility index (Phi) is 6.37. The van der Waals surface area contributed by atoms with E-state index in [0.29, 0.717) is 12.3 Å². The summed E-state index contributed by atoms with van der Waals surface area (Å²) in [6.45, 7) is 3.75. The molecule has 1 N–H and O–H groups in total. The van der Waals surface area contributed by atoms with Crippen LogP contribution >= 0.6 is 0 Å². The molecule has 0 aliphatic carbocycles. The van der Waals surface area contributed by atoms with E-state index in [-0.39, 0.29) is 19.1 Å². The molecule has 0 fully saturated rings. The number of ether oxygens (including phenoxy) is 2. The second kappa shape index (κ2) is 8.72. The minimum atomic E-state index is -0.578. The predicted octanol–water partition coefficient (Wildman–Crippen LogP) is 2.54. The molecular formula is C19H21NO4.